The van der Waals surface area contributed by atoms with Crippen molar-refractivity contribution in [3.63, 3.8) is 0 Å². The number of benzene rings is 1. The summed E-state index contributed by atoms with van der Waals surface area (Å²) in [6.45, 7) is 1.96. The van der Waals surface area contributed by atoms with Crippen LogP contribution in [0.25, 0.3) is 0 Å². The van der Waals surface area contributed by atoms with E-state index in [-0.39, 0.29) is 25.4 Å². The van der Waals surface area contributed by atoms with Crippen molar-refractivity contribution < 1.29 is 23.5 Å². The molecule has 4 nitrogen and oxygen atoms in total. The highest BCUT2D eigenvalue weighted by molar-refractivity contribution is 5.72. The molecule has 0 aliphatic carbocycles. The number of hydrogen-bond donors (Lipinski definition) is 0. The van der Waals surface area contributed by atoms with Crippen molar-refractivity contribution in [1.82, 2.24) is 0 Å². The molecule has 0 heterocycles. The van der Waals surface area contributed by atoms with Crippen molar-refractivity contribution in [3.05, 3.63) is 35.6 Å². The molecule has 0 unspecified atom stereocenters. The van der Waals surface area contributed by atoms with E-state index in [1.54, 1.807) is 25.1 Å². The number of carbonyl (C=O) groups excluding carboxylic acids is 2. The normalized spacial score (nSPS) is 10.0. The number of halogens is 1. The summed E-state index contributed by atoms with van der Waals surface area (Å²) >= 11 is 0. The summed E-state index contributed by atoms with van der Waals surface area (Å²) in [4.78, 5) is 22.4. The Morgan fingerprint density at radius 1 is 1.11 bits per heavy atom. The average molecular weight is 268 g/mol. The Labute approximate surface area is 111 Å². The highest BCUT2D eigenvalue weighted by Crippen LogP contribution is 2.09. The standard InChI is InChI=1S/C14H17FO4/c1-2-18-13(16)8-5-9-14(17)19-10-11-6-3-4-7-12(11)15/h3-4,6-7H,2,5,8-10H2,1H3. The van der Waals surface area contributed by atoms with E-state index in [1.807, 2.05) is 0 Å². The van der Waals surface area contributed by atoms with E-state index < -0.39 is 11.8 Å². The molecule has 5 heteroatoms. The molecule has 0 saturated carbocycles. The number of ether oxygens (including phenoxy) is 2. The predicted octanol–water partition coefficient (Wildman–Crippen LogP) is 2.60. The molecule has 1 rings (SSSR count). The van der Waals surface area contributed by atoms with E-state index in [0.29, 0.717) is 18.6 Å². The highest BCUT2D eigenvalue weighted by Gasteiger charge is 2.08. The van der Waals surface area contributed by atoms with Crippen molar-refractivity contribution in [1.29, 1.82) is 0 Å². The maximum atomic E-state index is 13.2. The second-order valence-electron chi connectivity index (χ2n) is 3.91. The van der Waals surface area contributed by atoms with Crippen molar-refractivity contribution >= 4 is 11.9 Å². The average Bonchev–Trinajstić information content (AvgIpc) is 2.38. The highest BCUT2D eigenvalue weighted by atomic mass is 19.1. The summed E-state index contributed by atoms with van der Waals surface area (Å²) < 4.78 is 22.9. The van der Waals surface area contributed by atoms with Crippen molar-refractivity contribution in [3.8, 4) is 0 Å². The van der Waals surface area contributed by atoms with Gasteiger partial charge in [-0.05, 0) is 19.4 Å². The molecule has 0 atom stereocenters. The fraction of sp³-hybridized carbons (Fsp3) is 0.429. The van der Waals surface area contributed by atoms with Crippen LogP contribution in [0.1, 0.15) is 31.7 Å². The Kier molecular flexibility index (Phi) is 6.57. The fourth-order valence-corrected chi connectivity index (χ4v) is 1.46. The maximum Gasteiger partial charge on any atom is 0.306 e. The Hall–Kier alpha value is -1.91. The zero-order valence-electron chi connectivity index (χ0n) is 10.9. The fourth-order valence-electron chi connectivity index (χ4n) is 1.46. The third-order valence-electron chi connectivity index (χ3n) is 2.41. The number of rotatable bonds is 7. The minimum absolute atomic E-state index is 0.0923. The first-order chi connectivity index (χ1) is 9.13. The van der Waals surface area contributed by atoms with Gasteiger partial charge in [0.25, 0.3) is 0 Å². The molecule has 1 aromatic rings. The van der Waals surface area contributed by atoms with Crippen molar-refractivity contribution in [2.24, 2.45) is 0 Å². The summed E-state index contributed by atoms with van der Waals surface area (Å²) in [5.74, 6) is -1.18. The summed E-state index contributed by atoms with van der Waals surface area (Å²) in [7, 11) is 0. The molecule has 0 saturated heterocycles. The van der Waals surface area contributed by atoms with Crippen LogP contribution < -0.4 is 0 Å². The van der Waals surface area contributed by atoms with Crippen LogP contribution in [-0.2, 0) is 25.7 Å². The van der Waals surface area contributed by atoms with E-state index in [9.17, 15) is 14.0 Å². The molecule has 0 aliphatic heterocycles. The number of carbonyl (C=O) groups is 2. The molecule has 104 valence electrons. The van der Waals surface area contributed by atoms with Crippen LogP contribution in [0.2, 0.25) is 0 Å². The van der Waals surface area contributed by atoms with Gasteiger partial charge >= 0.3 is 11.9 Å². The third-order valence-corrected chi connectivity index (χ3v) is 2.41. The quantitative estimate of drug-likeness (QED) is 0.713. The Morgan fingerprint density at radius 2 is 1.74 bits per heavy atom. The lowest BCUT2D eigenvalue weighted by atomic mass is 10.2. The zero-order valence-corrected chi connectivity index (χ0v) is 10.9. The minimum Gasteiger partial charge on any atom is -0.466 e. The van der Waals surface area contributed by atoms with Gasteiger partial charge in [0.2, 0.25) is 0 Å². The molecule has 0 fully saturated rings. The topological polar surface area (TPSA) is 52.6 Å². The lowest BCUT2D eigenvalue weighted by molar-refractivity contribution is -0.146. The van der Waals surface area contributed by atoms with E-state index >= 15 is 0 Å². The monoisotopic (exact) mass is 268 g/mol. The van der Waals surface area contributed by atoms with Gasteiger partial charge in [0.1, 0.15) is 12.4 Å². The lowest BCUT2D eigenvalue weighted by Crippen LogP contribution is -2.08. The van der Waals surface area contributed by atoms with Crippen molar-refractivity contribution in [2.45, 2.75) is 32.8 Å². The van der Waals surface area contributed by atoms with Gasteiger partial charge in [-0.1, -0.05) is 18.2 Å². The zero-order chi connectivity index (χ0) is 14.1. The van der Waals surface area contributed by atoms with Gasteiger partial charge in [0.15, 0.2) is 0 Å². The molecular formula is C14H17FO4. The summed E-state index contributed by atoms with van der Waals surface area (Å²) in [5.41, 5.74) is 0.334. The maximum absolute atomic E-state index is 13.2. The van der Waals surface area contributed by atoms with E-state index in [4.69, 9.17) is 9.47 Å². The van der Waals surface area contributed by atoms with Crippen LogP contribution >= 0.6 is 0 Å². The molecule has 0 bridgehead atoms. The first-order valence-electron chi connectivity index (χ1n) is 6.18. The van der Waals surface area contributed by atoms with Gasteiger partial charge in [-0.15, -0.1) is 0 Å². The molecule has 0 aliphatic rings. The second kappa shape index (κ2) is 8.24. The van der Waals surface area contributed by atoms with Crippen LogP contribution in [-0.4, -0.2) is 18.5 Å². The Morgan fingerprint density at radius 3 is 2.37 bits per heavy atom. The van der Waals surface area contributed by atoms with Crippen LogP contribution in [0, 0.1) is 5.82 Å². The number of esters is 2. The van der Waals surface area contributed by atoms with Gasteiger partial charge in [-0.25, -0.2) is 4.39 Å². The van der Waals surface area contributed by atoms with E-state index in [0.717, 1.165) is 0 Å². The van der Waals surface area contributed by atoms with Crippen LogP contribution in [0.3, 0.4) is 0 Å². The molecule has 0 spiro atoms. The molecule has 0 radical (unpaired) electrons. The molecule has 19 heavy (non-hydrogen) atoms. The molecular weight excluding hydrogens is 251 g/mol. The lowest BCUT2D eigenvalue weighted by Gasteiger charge is -2.05. The number of hydrogen-bond acceptors (Lipinski definition) is 4. The third kappa shape index (κ3) is 5.99. The van der Waals surface area contributed by atoms with Gasteiger partial charge in [-0.3, -0.25) is 9.59 Å². The van der Waals surface area contributed by atoms with E-state index in [2.05, 4.69) is 0 Å². The Balaban J connectivity index is 2.22. The predicted molar refractivity (Wildman–Crippen MR) is 66.7 cm³/mol. The van der Waals surface area contributed by atoms with E-state index in [1.165, 1.54) is 6.07 Å². The SMILES string of the molecule is CCOC(=O)CCCC(=O)OCc1ccccc1F. The van der Waals surface area contributed by atoms with Crippen molar-refractivity contribution in [2.75, 3.05) is 6.61 Å². The first kappa shape index (κ1) is 15.1. The first-order valence-corrected chi connectivity index (χ1v) is 6.18. The van der Waals surface area contributed by atoms with Gasteiger partial charge < -0.3 is 9.47 Å². The molecule has 0 amide bonds. The summed E-state index contributed by atoms with van der Waals surface area (Å²) in [6.07, 6.45) is 0.671. The van der Waals surface area contributed by atoms with Gasteiger partial charge in [0, 0.05) is 18.4 Å². The summed E-state index contributed by atoms with van der Waals surface area (Å²) in [6, 6.07) is 6.11. The molecule has 0 N–H and O–H groups in total. The molecule has 0 aromatic heterocycles. The van der Waals surface area contributed by atoms with Crippen LogP contribution in [0.4, 0.5) is 4.39 Å². The summed E-state index contributed by atoms with van der Waals surface area (Å²) in [5, 5.41) is 0. The van der Waals surface area contributed by atoms with Crippen LogP contribution in [0.5, 0.6) is 0 Å². The second-order valence-corrected chi connectivity index (χ2v) is 3.91. The van der Waals surface area contributed by atoms with Crippen LogP contribution in [0.15, 0.2) is 24.3 Å². The largest absolute Gasteiger partial charge is 0.466 e. The molecule has 1 aromatic carbocycles. The smallest absolute Gasteiger partial charge is 0.306 e. The van der Waals surface area contributed by atoms with Gasteiger partial charge in [-0.2, -0.15) is 0 Å². The minimum atomic E-state index is -0.451. The Bertz CT molecular complexity index is 431. The van der Waals surface area contributed by atoms with Gasteiger partial charge in [0.05, 0.1) is 6.61 Å².